The minimum Gasteiger partial charge on any atom is -0.396 e. The van der Waals surface area contributed by atoms with Crippen molar-refractivity contribution in [3.8, 4) is 0 Å². The molecular weight excluding hydrogens is 210 g/mol. The fraction of sp³-hybridized carbons (Fsp3) is 0.267. The van der Waals surface area contributed by atoms with E-state index >= 15 is 0 Å². The van der Waals surface area contributed by atoms with Gasteiger partial charge >= 0.3 is 0 Å². The summed E-state index contributed by atoms with van der Waals surface area (Å²) in [5.41, 5.74) is 3.54. The first-order chi connectivity index (χ1) is 8.38. The first kappa shape index (κ1) is 11.8. The molecule has 1 heterocycles. The Bertz CT molecular complexity index is 436. The van der Waals surface area contributed by atoms with Gasteiger partial charge in [-0.2, -0.15) is 0 Å². The highest BCUT2D eigenvalue weighted by Crippen LogP contribution is 2.06. The quantitative estimate of drug-likeness (QED) is 0.851. The molecule has 2 heteroatoms. The fourth-order valence-corrected chi connectivity index (χ4v) is 1.80. The van der Waals surface area contributed by atoms with Crippen molar-refractivity contribution in [2.75, 3.05) is 6.61 Å². The van der Waals surface area contributed by atoms with E-state index in [2.05, 4.69) is 29.2 Å². The fourth-order valence-electron chi connectivity index (χ4n) is 1.80. The van der Waals surface area contributed by atoms with Crippen LogP contribution in [0.1, 0.15) is 16.8 Å². The smallest absolute Gasteiger partial charge is 0.0472 e. The molecule has 1 aromatic carbocycles. The number of aliphatic hydroxyl groups excluding tert-OH is 1. The van der Waals surface area contributed by atoms with Crippen molar-refractivity contribution in [1.29, 1.82) is 0 Å². The Hall–Kier alpha value is -1.67. The normalized spacial score (nSPS) is 10.4. The zero-order chi connectivity index (χ0) is 11.9. The van der Waals surface area contributed by atoms with Crippen LogP contribution in [0.3, 0.4) is 0 Å². The van der Waals surface area contributed by atoms with Crippen LogP contribution in [-0.2, 0) is 19.3 Å². The monoisotopic (exact) mass is 227 g/mol. The molecule has 88 valence electrons. The third kappa shape index (κ3) is 3.68. The van der Waals surface area contributed by atoms with E-state index in [9.17, 15) is 0 Å². The molecule has 17 heavy (non-hydrogen) atoms. The molecule has 0 saturated carbocycles. The maximum atomic E-state index is 8.81. The van der Waals surface area contributed by atoms with E-state index in [-0.39, 0.29) is 6.61 Å². The maximum Gasteiger partial charge on any atom is 0.0472 e. The molecule has 2 rings (SSSR count). The van der Waals surface area contributed by atoms with Crippen molar-refractivity contribution in [3.63, 3.8) is 0 Å². The van der Waals surface area contributed by atoms with Gasteiger partial charge in [0.05, 0.1) is 0 Å². The summed E-state index contributed by atoms with van der Waals surface area (Å²) in [5, 5.41) is 8.81. The lowest BCUT2D eigenvalue weighted by atomic mass is 10.1. The number of pyridine rings is 1. The van der Waals surface area contributed by atoms with Crippen molar-refractivity contribution >= 4 is 0 Å². The number of benzene rings is 1. The number of hydrogen-bond donors (Lipinski definition) is 1. The van der Waals surface area contributed by atoms with Crippen molar-refractivity contribution in [2.45, 2.75) is 19.3 Å². The van der Waals surface area contributed by atoms with Crippen LogP contribution >= 0.6 is 0 Å². The number of aromatic nitrogens is 1. The standard InChI is InChI=1S/C15H17NO/c17-11-10-14-7-9-15(16-12-14)8-6-13-4-2-1-3-5-13/h1-5,7,9,12,17H,6,8,10-11H2. The van der Waals surface area contributed by atoms with Gasteiger partial charge in [-0.15, -0.1) is 0 Å². The third-order valence-corrected chi connectivity index (χ3v) is 2.80. The molecule has 0 unspecified atom stereocenters. The van der Waals surface area contributed by atoms with Gasteiger partial charge in [0.15, 0.2) is 0 Å². The number of aryl methyl sites for hydroxylation is 2. The predicted octanol–water partition coefficient (Wildman–Crippen LogP) is 2.40. The Balaban J connectivity index is 1.91. The summed E-state index contributed by atoms with van der Waals surface area (Å²) in [7, 11) is 0. The Morgan fingerprint density at radius 2 is 1.65 bits per heavy atom. The van der Waals surface area contributed by atoms with Gasteiger partial charge in [-0.1, -0.05) is 36.4 Å². The van der Waals surface area contributed by atoms with Crippen LogP contribution < -0.4 is 0 Å². The Morgan fingerprint density at radius 1 is 0.824 bits per heavy atom. The zero-order valence-electron chi connectivity index (χ0n) is 9.84. The lowest BCUT2D eigenvalue weighted by Gasteiger charge is -2.03. The van der Waals surface area contributed by atoms with Gasteiger partial charge in [-0.3, -0.25) is 4.98 Å². The lowest BCUT2D eigenvalue weighted by molar-refractivity contribution is 0.299. The van der Waals surface area contributed by atoms with Gasteiger partial charge in [0, 0.05) is 18.5 Å². The predicted molar refractivity (Wildman–Crippen MR) is 68.9 cm³/mol. The summed E-state index contributed by atoms with van der Waals surface area (Å²) >= 11 is 0. The summed E-state index contributed by atoms with van der Waals surface area (Å²) in [5.74, 6) is 0. The lowest BCUT2D eigenvalue weighted by Crippen LogP contribution is -1.97. The number of rotatable bonds is 5. The van der Waals surface area contributed by atoms with E-state index in [1.54, 1.807) is 0 Å². The van der Waals surface area contributed by atoms with Crippen molar-refractivity contribution < 1.29 is 5.11 Å². The second-order valence-corrected chi connectivity index (χ2v) is 4.12. The van der Waals surface area contributed by atoms with E-state index in [1.807, 2.05) is 24.4 Å². The summed E-state index contributed by atoms with van der Waals surface area (Å²) in [4.78, 5) is 4.40. The van der Waals surface area contributed by atoms with Crippen molar-refractivity contribution in [1.82, 2.24) is 4.98 Å². The third-order valence-electron chi connectivity index (χ3n) is 2.80. The average Bonchev–Trinajstić information content (AvgIpc) is 2.40. The molecule has 1 N–H and O–H groups in total. The molecule has 0 spiro atoms. The van der Waals surface area contributed by atoms with Crippen molar-refractivity contribution in [3.05, 3.63) is 65.5 Å². The largest absolute Gasteiger partial charge is 0.396 e. The van der Waals surface area contributed by atoms with E-state index in [4.69, 9.17) is 5.11 Å². The highest BCUT2D eigenvalue weighted by Gasteiger charge is 1.97. The average molecular weight is 227 g/mol. The van der Waals surface area contributed by atoms with E-state index in [0.29, 0.717) is 6.42 Å². The van der Waals surface area contributed by atoms with Gasteiger partial charge in [-0.25, -0.2) is 0 Å². The number of aliphatic hydroxyl groups is 1. The van der Waals surface area contributed by atoms with Gasteiger partial charge < -0.3 is 5.11 Å². The molecule has 0 aliphatic heterocycles. The zero-order valence-corrected chi connectivity index (χ0v) is 9.84. The minimum absolute atomic E-state index is 0.186. The second kappa shape index (κ2) is 6.16. The maximum absolute atomic E-state index is 8.81. The van der Waals surface area contributed by atoms with E-state index in [1.165, 1.54) is 5.56 Å². The van der Waals surface area contributed by atoms with Crippen LogP contribution in [0.4, 0.5) is 0 Å². The highest BCUT2D eigenvalue weighted by molar-refractivity contribution is 5.18. The molecule has 2 aromatic rings. The van der Waals surface area contributed by atoms with Crippen LogP contribution in [0.5, 0.6) is 0 Å². The van der Waals surface area contributed by atoms with Crippen LogP contribution in [0.25, 0.3) is 0 Å². The first-order valence-electron chi connectivity index (χ1n) is 5.97. The number of nitrogens with zero attached hydrogens (tertiary/aromatic N) is 1. The molecule has 0 radical (unpaired) electrons. The van der Waals surface area contributed by atoms with Crippen LogP contribution in [0.15, 0.2) is 48.7 Å². The molecule has 1 aromatic heterocycles. The van der Waals surface area contributed by atoms with Crippen molar-refractivity contribution in [2.24, 2.45) is 0 Å². The molecule has 0 aliphatic rings. The molecule has 0 fully saturated rings. The molecule has 0 bridgehead atoms. The first-order valence-corrected chi connectivity index (χ1v) is 5.97. The summed E-state index contributed by atoms with van der Waals surface area (Å²) in [6, 6.07) is 14.5. The summed E-state index contributed by atoms with van der Waals surface area (Å²) in [6.45, 7) is 0.186. The van der Waals surface area contributed by atoms with Crippen LogP contribution in [0, 0.1) is 0 Å². The van der Waals surface area contributed by atoms with Crippen LogP contribution in [0.2, 0.25) is 0 Å². The molecular formula is C15H17NO. The van der Waals surface area contributed by atoms with Gasteiger partial charge in [0.25, 0.3) is 0 Å². The Morgan fingerprint density at radius 3 is 2.29 bits per heavy atom. The molecule has 2 nitrogen and oxygen atoms in total. The van der Waals surface area contributed by atoms with Gasteiger partial charge in [-0.05, 0) is 36.5 Å². The molecule has 0 saturated heterocycles. The Labute approximate surface area is 102 Å². The highest BCUT2D eigenvalue weighted by atomic mass is 16.2. The molecule has 0 atom stereocenters. The van der Waals surface area contributed by atoms with Gasteiger partial charge in [0.1, 0.15) is 0 Å². The SMILES string of the molecule is OCCc1ccc(CCc2ccccc2)nc1. The van der Waals surface area contributed by atoms with E-state index < -0.39 is 0 Å². The van der Waals surface area contributed by atoms with Gasteiger partial charge in [0.2, 0.25) is 0 Å². The summed E-state index contributed by atoms with van der Waals surface area (Å²) in [6.07, 6.45) is 4.53. The number of hydrogen-bond acceptors (Lipinski definition) is 2. The minimum atomic E-state index is 0.186. The second-order valence-electron chi connectivity index (χ2n) is 4.12. The molecule has 0 amide bonds. The Kier molecular flexibility index (Phi) is 4.28. The molecule has 0 aliphatic carbocycles. The van der Waals surface area contributed by atoms with E-state index in [0.717, 1.165) is 24.1 Å². The topological polar surface area (TPSA) is 33.1 Å². The van der Waals surface area contributed by atoms with Crippen LogP contribution in [-0.4, -0.2) is 16.7 Å². The summed E-state index contributed by atoms with van der Waals surface area (Å²) < 4.78 is 0.